The summed E-state index contributed by atoms with van der Waals surface area (Å²) in [6.07, 6.45) is 0.243. The van der Waals surface area contributed by atoms with Gasteiger partial charge in [0.15, 0.2) is 0 Å². The Morgan fingerprint density at radius 1 is 1.19 bits per heavy atom. The van der Waals surface area contributed by atoms with E-state index >= 15 is 0 Å². The minimum absolute atomic E-state index is 0.0996. The molecule has 86 valence electrons. The van der Waals surface area contributed by atoms with Crippen LogP contribution in [0.3, 0.4) is 0 Å². The van der Waals surface area contributed by atoms with Crippen LogP contribution in [0, 0.1) is 0 Å². The second-order valence-electron chi connectivity index (χ2n) is 4.33. The zero-order chi connectivity index (χ0) is 11.5. The Hall–Kier alpha value is -1.35. The highest BCUT2D eigenvalue weighted by molar-refractivity contribution is 5.94. The van der Waals surface area contributed by atoms with Crippen LogP contribution in [0.4, 0.5) is 0 Å². The fourth-order valence-electron chi connectivity index (χ4n) is 2.11. The summed E-state index contributed by atoms with van der Waals surface area (Å²) in [6.45, 7) is 5.36. The van der Waals surface area contributed by atoms with Crippen LogP contribution < -0.4 is 0 Å². The van der Waals surface area contributed by atoms with Crippen LogP contribution in [-0.4, -0.2) is 36.1 Å². The lowest BCUT2D eigenvalue weighted by Crippen LogP contribution is -2.48. The Morgan fingerprint density at radius 2 is 1.75 bits per heavy atom. The van der Waals surface area contributed by atoms with Crippen molar-refractivity contribution in [2.45, 2.75) is 26.1 Å². The van der Waals surface area contributed by atoms with E-state index in [4.69, 9.17) is 4.74 Å². The summed E-state index contributed by atoms with van der Waals surface area (Å²) in [7, 11) is 0. The summed E-state index contributed by atoms with van der Waals surface area (Å²) in [4.78, 5) is 14.0. The molecular formula is C13H17NO2. The topological polar surface area (TPSA) is 29.5 Å². The van der Waals surface area contributed by atoms with Crippen molar-refractivity contribution in [3.8, 4) is 0 Å². The number of ether oxygens (including phenoxy) is 1. The molecular weight excluding hydrogens is 202 g/mol. The standard InChI is InChI=1S/C13H17NO2/c1-10-8-14(9-11(2)16-10)13(15)12-6-4-3-5-7-12/h3-7,10-11H,8-9H2,1-2H3/t10-,11+. The van der Waals surface area contributed by atoms with Gasteiger partial charge in [0.2, 0.25) is 0 Å². The minimum atomic E-state index is 0.0996. The molecule has 1 aliphatic rings. The monoisotopic (exact) mass is 219 g/mol. The number of rotatable bonds is 1. The van der Waals surface area contributed by atoms with Crippen molar-refractivity contribution in [2.24, 2.45) is 0 Å². The van der Waals surface area contributed by atoms with E-state index < -0.39 is 0 Å². The number of hydrogen-bond donors (Lipinski definition) is 0. The molecule has 2 atom stereocenters. The number of hydrogen-bond acceptors (Lipinski definition) is 2. The highest BCUT2D eigenvalue weighted by Gasteiger charge is 2.26. The Balaban J connectivity index is 2.10. The largest absolute Gasteiger partial charge is 0.372 e. The number of benzene rings is 1. The van der Waals surface area contributed by atoms with Gasteiger partial charge in [-0.15, -0.1) is 0 Å². The molecule has 1 fully saturated rings. The molecule has 1 aliphatic heterocycles. The maximum absolute atomic E-state index is 12.2. The molecule has 1 aromatic rings. The number of carbonyl (C=O) groups excluding carboxylic acids is 1. The summed E-state index contributed by atoms with van der Waals surface area (Å²) in [5, 5.41) is 0. The minimum Gasteiger partial charge on any atom is -0.372 e. The van der Waals surface area contributed by atoms with Gasteiger partial charge in [-0.05, 0) is 26.0 Å². The van der Waals surface area contributed by atoms with Crippen molar-refractivity contribution in [1.29, 1.82) is 0 Å². The first-order valence-electron chi connectivity index (χ1n) is 5.66. The van der Waals surface area contributed by atoms with Gasteiger partial charge in [0.25, 0.3) is 5.91 Å². The van der Waals surface area contributed by atoms with E-state index in [0.717, 1.165) is 5.56 Å². The van der Waals surface area contributed by atoms with Gasteiger partial charge in [0, 0.05) is 18.7 Å². The lowest BCUT2D eigenvalue weighted by molar-refractivity contribution is -0.0586. The van der Waals surface area contributed by atoms with E-state index in [0.29, 0.717) is 13.1 Å². The van der Waals surface area contributed by atoms with E-state index in [9.17, 15) is 4.79 Å². The lowest BCUT2D eigenvalue weighted by atomic mass is 10.1. The molecule has 1 aromatic carbocycles. The first kappa shape index (κ1) is 11.1. The Labute approximate surface area is 96.0 Å². The molecule has 3 nitrogen and oxygen atoms in total. The maximum atomic E-state index is 12.2. The highest BCUT2D eigenvalue weighted by Crippen LogP contribution is 2.13. The second-order valence-corrected chi connectivity index (χ2v) is 4.33. The van der Waals surface area contributed by atoms with Crippen LogP contribution in [0.25, 0.3) is 0 Å². The zero-order valence-electron chi connectivity index (χ0n) is 9.72. The van der Waals surface area contributed by atoms with E-state index in [1.807, 2.05) is 49.1 Å². The summed E-state index contributed by atoms with van der Waals surface area (Å²) in [5.41, 5.74) is 0.754. The van der Waals surface area contributed by atoms with Crippen molar-refractivity contribution in [3.63, 3.8) is 0 Å². The lowest BCUT2D eigenvalue weighted by Gasteiger charge is -2.35. The Bertz CT molecular complexity index is 353. The summed E-state index contributed by atoms with van der Waals surface area (Å²) < 4.78 is 5.61. The molecule has 0 aliphatic carbocycles. The molecule has 0 saturated carbocycles. The van der Waals surface area contributed by atoms with Gasteiger partial charge in [-0.25, -0.2) is 0 Å². The number of carbonyl (C=O) groups is 1. The van der Waals surface area contributed by atoms with Gasteiger partial charge in [-0.2, -0.15) is 0 Å². The van der Waals surface area contributed by atoms with Crippen molar-refractivity contribution in [2.75, 3.05) is 13.1 Å². The summed E-state index contributed by atoms with van der Waals surface area (Å²) >= 11 is 0. The molecule has 1 heterocycles. The van der Waals surface area contributed by atoms with Crippen LogP contribution in [-0.2, 0) is 4.74 Å². The van der Waals surface area contributed by atoms with Gasteiger partial charge >= 0.3 is 0 Å². The van der Waals surface area contributed by atoms with E-state index in [-0.39, 0.29) is 18.1 Å². The quantitative estimate of drug-likeness (QED) is 0.722. The maximum Gasteiger partial charge on any atom is 0.254 e. The third-order valence-electron chi connectivity index (χ3n) is 2.73. The van der Waals surface area contributed by atoms with Gasteiger partial charge in [-0.1, -0.05) is 18.2 Å². The van der Waals surface area contributed by atoms with Crippen LogP contribution in [0.2, 0.25) is 0 Å². The first-order chi connectivity index (χ1) is 7.66. The second kappa shape index (κ2) is 4.66. The molecule has 0 unspecified atom stereocenters. The fourth-order valence-corrected chi connectivity index (χ4v) is 2.11. The van der Waals surface area contributed by atoms with Gasteiger partial charge in [0.05, 0.1) is 12.2 Å². The predicted octanol–water partition coefficient (Wildman–Crippen LogP) is 1.94. The van der Waals surface area contributed by atoms with Gasteiger partial charge in [0.1, 0.15) is 0 Å². The van der Waals surface area contributed by atoms with Gasteiger partial charge in [-0.3, -0.25) is 4.79 Å². The smallest absolute Gasteiger partial charge is 0.254 e. The van der Waals surface area contributed by atoms with Crippen molar-refractivity contribution >= 4 is 5.91 Å². The zero-order valence-corrected chi connectivity index (χ0v) is 9.72. The Morgan fingerprint density at radius 3 is 2.31 bits per heavy atom. The SMILES string of the molecule is C[C@@H]1CN(C(=O)c2ccccc2)C[C@H](C)O1. The number of nitrogens with zero attached hydrogens (tertiary/aromatic N) is 1. The van der Waals surface area contributed by atoms with Crippen LogP contribution in [0.15, 0.2) is 30.3 Å². The third kappa shape index (κ3) is 2.42. The van der Waals surface area contributed by atoms with Crippen molar-refractivity contribution < 1.29 is 9.53 Å². The normalized spacial score (nSPS) is 25.5. The number of amides is 1. The average Bonchev–Trinajstić information content (AvgIpc) is 2.28. The number of morpholine rings is 1. The Kier molecular flexibility index (Phi) is 3.25. The van der Waals surface area contributed by atoms with E-state index in [1.165, 1.54) is 0 Å². The van der Waals surface area contributed by atoms with Crippen LogP contribution in [0.1, 0.15) is 24.2 Å². The molecule has 0 bridgehead atoms. The van der Waals surface area contributed by atoms with Crippen LogP contribution in [0.5, 0.6) is 0 Å². The molecule has 2 rings (SSSR count). The molecule has 0 N–H and O–H groups in total. The molecule has 1 saturated heterocycles. The molecule has 0 spiro atoms. The molecule has 1 amide bonds. The third-order valence-corrected chi connectivity index (χ3v) is 2.73. The van der Waals surface area contributed by atoms with Gasteiger partial charge < -0.3 is 9.64 Å². The van der Waals surface area contributed by atoms with E-state index in [2.05, 4.69) is 0 Å². The average molecular weight is 219 g/mol. The van der Waals surface area contributed by atoms with Crippen molar-refractivity contribution in [1.82, 2.24) is 4.90 Å². The van der Waals surface area contributed by atoms with E-state index in [1.54, 1.807) is 0 Å². The molecule has 0 aromatic heterocycles. The molecule has 3 heteroatoms. The molecule has 16 heavy (non-hydrogen) atoms. The van der Waals surface area contributed by atoms with Crippen molar-refractivity contribution in [3.05, 3.63) is 35.9 Å². The highest BCUT2D eigenvalue weighted by atomic mass is 16.5. The fraction of sp³-hybridized carbons (Fsp3) is 0.462. The predicted molar refractivity (Wildman–Crippen MR) is 62.4 cm³/mol. The van der Waals surface area contributed by atoms with Crippen LogP contribution >= 0.6 is 0 Å². The summed E-state index contributed by atoms with van der Waals surface area (Å²) in [5.74, 6) is 0.0996. The molecule has 0 radical (unpaired) electrons. The summed E-state index contributed by atoms with van der Waals surface area (Å²) in [6, 6.07) is 9.41. The first-order valence-corrected chi connectivity index (χ1v) is 5.66.